The first kappa shape index (κ1) is 14.6. The highest BCUT2D eigenvalue weighted by molar-refractivity contribution is 7.89. The van der Waals surface area contributed by atoms with Gasteiger partial charge in [0.05, 0.1) is 4.88 Å². The number of thiophene rings is 1. The second-order valence-corrected chi connectivity index (χ2v) is 6.15. The Morgan fingerprint density at radius 1 is 1.10 bits per heavy atom. The molecule has 1 aromatic heterocycles. The van der Waals surface area contributed by atoms with E-state index in [1.54, 1.807) is 16.3 Å². The number of amides is 1. The van der Waals surface area contributed by atoms with Gasteiger partial charge >= 0.3 is 0 Å². The number of hydrazine groups is 1. The van der Waals surface area contributed by atoms with E-state index in [0.717, 1.165) is 29.5 Å². The van der Waals surface area contributed by atoms with Crippen LogP contribution in [0.25, 0.3) is 0 Å². The van der Waals surface area contributed by atoms with E-state index >= 15 is 0 Å². The van der Waals surface area contributed by atoms with Crippen LogP contribution in [0.5, 0.6) is 0 Å². The lowest BCUT2D eigenvalue weighted by molar-refractivity contribution is 0.0949. The molecule has 0 spiro atoms. The van der Waals surface area contributed by atoms with Gasteiger partial charge in [-0.05, 0) is 23.6 Å². The van der Waals surface area contributed by atoms with E-state index in [1.165, 1.54) is 6.07 Å². The molecule has 0 saturated carbocycles. The highest BCUT2D eigenvalue weighted by Gasteiger charge is 2.24. The second-order valence-electron chi connectivity index (χ2n) is 3.59. The molecule has 5 nitrogen and oxygen atoms in total. The maximum Gasteiger partial charge on any atom is 0.276 e. The Labute approximate surface area is 117 Å². The van der Waals surface area contributed by atoms with Gasteiger partial charge in [-0.3, -0.25) is 10.2 Å². The summed E-state index contributed by atoms with van der Waals surface area (Å²) >= 11 is 1.09. The average Bonchev–Trinajstić information content (AvgIpc) is 2.89. The number of hydrogen-bond acceptors (Lipinski definition) is 4. The molecule has 2 N–H and O–H groups in total. The van der Waals surface area contributed by atoms with Gasteiger partial charge in [0, 0.05) is 0 Å². The van der Waals surface area contributed by atoms with Crippen LogP contribution < -0.4 is 10.3 Å². The zero-order chi connectivity index (χ0) is 14.8. The van der Waals surface area contributed by atoms with Crippen LogP contribution in [0.4, 0.5) is 8.78 Å². The average molecular weight is 318 g/mol. The third kappa shape index (κ3) is 3.00. The Morgan fingerprint density at radius 2 is 1.75 bits per heavy atom. The molecule has 106 valence electrons. The number of carbonyl (C=O) groups is 1. The summed E-state index contributed by atoms with van der Waals surface area (Å²) in [6, 6.07) is 5.72. The maximum atomic E-state index is 13.4. The van der Waals surface area contributed by atoms with Gasteiger partial charge in [0.1, 0.15) is 11.6 Å². The smallest absolute Gasteiger partial charge is 0.273 e. The van der Waals surface area contributed by atoms with Crippen LogP contribution in [0.15, 0.2) is 40.6 Å². The molecule has 1 amide bonds. The molecular formula is C11H8F2N2O3S2. The summed E-state index contributed by atoms with van der Waals surface area (Å²) in [5.41, 5.74) is 1.88. The first-order valence-electron chi connectivity index (χ1n) is 5.21. The van der Waals surface area contributed by atoms with E-state index in [2.05, 4.69) is 0 Å². The van der Waals surface area contributed by atoms with Crippen molar-refractivity contribution in [1.82, 2.24) is 10.3 Å². The molecule has 2 rings (SSSR count). The van der Waals surface area contributed by atoms with Crippen LogP contribution in [0.1, 0.15) is 9.67 Å². The van der Waals surface area contributed by atoms with Crippen LogP contribution in [0.2, 0.25) is 0 Å². The lowest BCUT2D eigenvalue weighted by Gasteiger charge is -2.09. The molecule has 0 saturated heterocycles. The summed E-state index contributed by atoms with van der Waals surface area (Å²) in [5, 5.41) is 1.62. The van der Waals surface area contributed by atoms with E-state index < -0.39 is 32.5 Å². The van der Waals surface area contributed by atoms with Gasteiger partial charge < -0.3 is 0 Å². The maximum absolute atomic E-state index is 13.4. The highest BCUT2D eigenvalue weighted by Crippen LogP contribution is 2.17. The lowest BCUT2D eigenvalue weighted by atomic mass is 10.3. The topological polar surface area (TPSA) is 75.3 Å². The van der Waals surface area contributed by atoms with Gasteiger partial charge in [-0.15, -0.1) is 16.2 Å². The predicted octanol–water partition coefficient (Wildman–Crippen LogP) is 1.65. The molecule has 1 heterocycles. The van der Waals surface area contributed by atoms with Crippen LogP contribution in [-0.2, 0) is 10.0 Å². The molecule has 1 aromatic carbocycles. The zero-order valence-corrected chi connectivity index (χ0v) is 11.4. The second kappa shape index (κ2) is 5.65. The molecule has 0 aliphatic rings. The third-order valence-electron chi connectivity index (χ3n) is 2.23. The van der Waals surface area contributed by atoms with E-state index in [0.29, 0.717) is 0 Å². The van der Waals surface area contributed by atoms with Crippen LogP contribution in [-0.4, -0.2) is 14.3 Å². The van der Waals surface area contributed by atoms with E-state index in [9.17, 15) is 22.0 Å². The van der Waals surface area contributed by atoms with Crippen molar-refractivity contribution < 1.29 is 22.0 Å². The van der Waals surface area contributed by atoms with Crippen molar-refractivity contribution in [2.24, 2.45) is 0 Å². The Morgan fingerprint density at radius 3 is 2.30 bits per heavy atom. The number of carbonyl (C=O) groups excluding carboxylic acids is 1. The molecule has 2 aromatic rings. The first-order chi connectivity index (χ1) is 9.42. The van der Waals surface area contributed by atoms with E-state index in [1.807, 2.05) is 5.43 Å². The van der Waals surface area contributed by atoms with Gasteiger partial charge in [-0.25, -0.2) is 17.2 Å². The number of rotatable bonds is 4. The monoisotopic (exact) mass is 318 g/mol. The summed E-state index contributed by atoms with van der Waals surface area (Å²) in [6.45, 7) is 0. The van der Waals surface area contributed by atoms with Gasteiger partial charge in [0.15, 0.2) is 4.90 Å². The molecule has 0 fully saturated rings. The molecule has 0 aliphatic heterocycles. The molecule has 0 radical (unpaired) electrons. The molecule has 9 heteroatoms. The minimum absolute atomic E-state index is 0.252. The summed E-state index contributed by atoms with van der Waals surface area (Å²) in [4.78, 5) is 12.3. The van der Waals surface area contributed by atoms with Crippen molar-refractivity contribution in [2.75, 3.05) is 0 Å². The van der Waals surface area contributed by atoms with Crippen molar-refractivity contribution in [3.8, 4) is 0 Å². The summed E-state index contributed by atoms with van der Waals surface area (Å²) in [7, 11) is -4.54. The quantitative estimate of drug-likeness (QED) is 0.842. The van der Waals surface area contributed by atoms with Crippen molar-refractivity contribution >= 4 is 27.3 Å². The fraction of sp³-hybridized carbons (Fsp3) is 0. The summed E-state index contributed by atoms with van der Waals surface area (Å²) < 4.78 is 50.2. The van der Waals surface area contributed by atoms with Crippen LogP contribution in [0.3, 0.4) is 0 Å². The number of halogens is 2. The van der Waals surface area contributed by atoms with Crippen LogP contribution in [0, 0.1) is 11.6 Å². The van der Waals surface area contributed by atoms with Gasteiger partial charge in [0.2, 0.25) is 0 Å². The summed E-state index contributed by atoms with van der Waals surface area (Å²) in [5.74, 6) is -3.22. The fourth-order valence-corrected chi connectivity index (χ4v) is 2.97. The molecule has 0 unspecified atom stereocenters. The standard InChI is InChI=1S/C11H8F2N2O3S2/c12-7-3-1-4-8(13)10(7)20(17,18)15-14-11(16)9-5-2-6-19-9/h1-6,15H,(H,14,16). The SMILES string of the molecule is O=C(NNS(=O)(=O)c1c(F)cccc1F)c1cccs1. The summed E-state index contributed by atoms with van der Waals surface area (Å²) in [6.07, 6.45) is 0. The van der Waals surface area contributed by atoms with E-state index in [-0.39, 0.29) is 4.88 Å². The Hall–Kier alpha value is -1.84. The molecule has 0 bridgehead atoms. The fourth-order valence-electron chi connectivity index (χ4n) is 1.37. The Balaban J connectivity index is 2.18. The van der Waals surface area contributed by atoms with Crippen molar-refractivity contribution in [3.63, 3.8) is 0 Å². The normalized spacial score (nSPS) is 11.3. The number of nitrogens with one attached hydrogen (secondary N) is 2. The minimum atomic E-state index is -4.54. The van der Waals surface area contributed by atoms with E-state index in [4.69, 9.17) is 0 Å². The van der Waals surface area contributed by atoms with Gasteiger partial charge in [-0.1, -0.05) is 12.1 Å². The molecule has 0 atom stereocenters. The molecular weight excluding hydrogens is 310 g/mol. The van der Waals surface area contributed by atoms with Crippen molar-refractivity contribution in [1.29, 1.82) is 0 Å². The van der Waals surface area contributed by atoms with Gasteiger partial charge in [0.25, 0.3) is 15.9 Å². The predicted molar refractivity (Wildman–Crippen MR) is 68.5 cm³/mol. The Bertz CT molecular complexity index is 710. The lowest BCUT2D eigenvalue weighted by Crippen LogP contribution is -2.41. The van der Waals surface area contributed by atoms with Crippen molar-refractivity contribution in [3.05, 3.63) is 52.2 Å². The molecule has 0 aliphatic carbocycles. The highest BCUT2D eigenvalue weighted by atomic mass is 32.2. The minimum Gasteiger partial charge on any atom is -0.273 e. The Kier molecular flexibility index (Phi) is 4.12. The van der Waals surface area contributed by atoms with Crippen molar-refractivity contribution in [2.45, 2.75) is 4.90 Å². The largest absolute Gasteiger partial charge is 0.276 e. The number of hydrogen-bond donors (Lipinski definition) is 2. The van der Waals surface area contributed by atoms with Gasteiger partial charge in [-0.2, -0.15) is 0 Å². The third-order valence-corrected chi connectivity index (χ3v) is 4.40. The molecule has 20 heavy (non-hydrogen) atoms. The van der Waals surface area contributed by atoms with Crippen LogP contribution >= 0.6 is 11.3 Å². The first-order valence-corrected chi connectivity index (χ1v) is 7.58. The number of benzene rings is 1. The zero-order valence-electron chi connectivity index (χ0n) is 9.76. The number of sulfonamides is 1.